The maximum atomic E-state index is 12.7. The Morgan fingerprint density at radius 2 is 1.60 bits per heavy atom. The zero-order valence-corrected chi connectivity index (χ0v) is 26.8. The molecule has 2 N–H and O–H groups in total. The second-order valence-corrected chi connectivity index (χ2v) is 13.6. The molecule has 0 saturated carbocycles. The third-order valence-electron chi connectivity index (χ3n) is 6.18. The van der Waals surface area contributed by atoms with Crippen molar-refractivity contribution in [3.8, 4) is 11.4 Å². The zero-order chi connectivity index (χ0) is 29.8. The van der Waals surface area contributed by atoms with Crippen LogP contribution in [0.1, 0.15) is 25.3 Å². The summed E-state index contributed by atoms with van der Waals surface area (Å²) in [6.07, 6.45) is 0. The molecule has 5 aromatic rings. The van der Waals surface area contributed by atoms with Crippen molar-refractivity contribution in [2.45, 2.75) is 29.3 Å². The van der Waals surface area contributed by atoms with E-state index in [1.54, 1.807) is 22.8 Å². The third kappa shape index (κ3) is 7.45. The number of anilines is 2. The van der Waals surface area contributed by atoms with Crippen LogP contribution in [0.15, 0.2) is 70.2 Å². The SMILES string of the molecule is CC(C)c1ccc(NC(=O)CSc2nc3ccc(NC(=O)CSc4nnc(-c5ccc(Cl)cc5Cl)n4C)cc3s2)cc1. The van der Waals surface area contributed by atoms with Gasteiger partial charge in [-0.1, -0.05) is 72.7 Å². The van der Waals surface area contributed by atoms with E-state index in [1.807, 2.05) is 49.5 Å². The number of carbonyl (C=O) groups is 2. The summed E-state index contributed by atoms with van der Waals surface area (Å²) in [6, 6.07) is 18.6. The Morgan fingerprint density at radius 3 is 2.31 bits per heavy atom. The number of hydrogen-bond donors (Lipinski definition) is 2. The van der Waals surface area contributed by atoms with Gasteiger partial charge < -0.3 is 15.2 Å². The van der Waals surface area contributed by atoms with Gasteiger partial charge in [0.05, 0.1) is 26.7 Å². The molecule has 216 valence electrons. The fraction of sp³-hybridized carbons (Fsp3) is 0.207. The monoisotopic (exact) mass is 656 g/mol. The number of benzene rings is 3. The maximum absolute atomic E-state index is 12.7. The molecule has 0 aliphatic rings. The molecule has 2 aromatic heterocycles. The number of nitrogens with one attached hydrogen (secondary N) is 2. The second kappa shape index (κ2) is 13.5. The normalized spacial score (nSPS) is 11.3. The van der Waals surface area contributed by atoms with Gasteiger partial charge in [0.25, 0.3) is 0 Å². The number of halogens is 2. The Bertz CT molecular complexity index is 1750. The van der Waals surface area contributed by atoms with E-state index in [9.17, 15) is 9.59 Å². The van der Waals surface area contributed by atoms with Crippen LogP contribution in [0.5, 0.6) is 0 Å². The average molecular weight is 658 g/mol. The molecule has 0 atom stereocenters. The fourth-order valence-corrected chi connectivity index (χ4v) is 7.10. The quantitative estimate of drug-likeness (QED) is 0.147. The van der Waals surface area contributed by atoms with Gasteiger partial charge in [0.2, 0.25) is 11.8 Å². The Morgan fingerprint density at radius 1 is 0.905 bits per heavy atom. The van der Waals surface area contributed by atoms with Crippen LogP contribution >= 0.6 is 58.1 Å². The molecule has 2 heterocycles. The molecular formula is C29H26Cl2N6O2S3. The maximum Gasteiger partial charge on any atom is 0.234 e. The lowest BCUT2D eigenvalue weighted by molar-refractivity contribution is -0.114. The predicted octanol–water partition coefficient (Wildman–Crippen LogP) is 7.98. The number of fused-ring (bicyclic) bond motifs is 1. The average Bonchev–Trinajstić information content (AvgIpc) is 3.53. The van der Waals surface area contributed by atoms with Crippen molar-refractivity contribution in [2.24, 2.45) is 7.05 Å². The number of carbonyl (C=O) groups excluding carboxylic acids is 2. The Kier molecular flexibility index (Phi) is 9.74. The van der Waals surface area contributed by atoms with Gasteiger partial charge in [-0.25, -0.2) is 4.98 Å². The van der Waals surface area contributed by atoms with Crippen LogP contribution < -0.4 is 10.6 Å². The van der Waals surface area contributed by atoms with E-state index in [0.717, 1.165) is 20.2 Å². The molecule has 13 heteroatoms. The van der Waals surface area contributed by atoms with Crippen molar-refractivity contribution in [2.75, 3.05) is 22.1 Å². The van der Waals surface area contributed by atoms with E-state index in [2.05, 4.69) is 39.7 Å². The lowest BCUT2D eigenvalue weighted by atomic mass is 10.0. The molecule has 42 heavy (non-hydrogen) atoms. The first-order chi connectivity index (χ1) is 20.2. The largest absolute Gasteiger partial charge is 0.325 e. The van der Waals surface area contributed by atoms with Gasteiger partial charge >= 0.3 is 0 Å². The highest BCUT2D eigenvalue weighted by atomic mass is 35.5. The Balaban J connectivity index is 1.14. The number of thiazole rings is 1. The van der Waals surface area contributed by atoms with Gasteiger partial charge in [-0.05, 0) is 60.0 Å². The zero-order valence-electron chi connectivity index (χ0n) is 22.9. The number of thioether (sulfide) groups is 2. The summed E-state index contributed by atoms with van der Waals surface area (Å²) in [5.74, 6) is 1.16. The van der Waals surface area contributed by atoms with E-state index >= 15 is 0 Å². The topological polar surface area (TPSA) is 102 Å². The van der Waals surface area contributed by atoms with E-state index in [-0.39, 0.29) is 23.3 Å². The van der Waals surface area contributed by atoms with Crippen LogP contribution in [0.25, 0.3) is 21.6 Å². The fourth-order valence-electron chi connectivity index (χ4n) is 3.99. The predicted molar refractivity (Wildman–Crippen MR) is 175 cm³/mol. The molecule has 0 bridgehead atoms. The van der Waals surface area contributed by atoms with Crippen LogP contribution in [-0.2, 0) is 16.6 Å². The molecule has 3 aromatic carbocycles. The molecule has 0 spiro atoms. The number of amides is 2. The number of nitrogens with zero attached hydrogens (tertiary/aromatic N) is 4. The van der Waals surface area contributed by atoms with E-state index in [4.69, 9.17) is 23.2 Å². The van der Waals surface area contributed by atoms with Gasteiger partial charge in [0, 0.05) is 29.0 Å². The molecule has 8 nitrogen and oxygen atoms in total. The van der Waals surface area contributed by atoms with Gasteiger partial charge in [0.1, 0.15) is 0 Å². The molecule has 0 aliphatic carbocycles. The second-order valence-electron chi connectivity index (χ2n) is 9.60. The molecule has 5 rings (SSSR count). The minimum absolute atomic E-state index is 0.0895. The summed E-state index contributed by atoms with van der Waals surface area (Å²) in [5.41, 5.74) is 4.19. The van der Waals surface area contributed by atoms with Gasteiger partial charge in [0.15, 0.2) is 15.3 Å². The molecule has 0 radical (unpaired) electrons. The first-order valence-corrected chi connectivity index (χ1v) is 16.4. The Hall–Kier alpha value is -3.09. The Labute approximate surface area is 265 Å². The third-order valence-corrected chi connectivity index (χ3v) is 9.91. The van der Waals surface area contributed by atoms with Crippen LogP contribution in [-0.4, -0.2) is 43.1 Å². The molecule has 0 unspecified atom stereocenters. The molecule has 0 fully saturated rings. The van der Waals surface area contributed by atoms with Crippen molar-refractivity contribution in [3.63, 3.8) is 0 Å². The van der Waals surface area contributed by atoms with E-state index in [0.29, 0.717) is 38.2 Å². The van der Waals surface area contributed by atoms with Gasteiger partial charge in [-0.15, -0.1) is 21.5 Å². The highest BCUT2D eigenvalue weighted by Crippen LogP contribution is 2.33. The molecule has 2 amide bonds. The van der Waals surface area contributed by atoms with Crippen molar-refractivity contribution in [3.05, 3.63) is 76.3 Å². The summed E-state index contributed by atoms with van der Waals surface area (Å²) in [4.78, 5) is 29.8. The summed E-state index contributed by atoms with van der Waals surface area (Å²) >= 11 is 16.5. The van der Waals surface area contributed by atoms with E-state index in [1.165, 1.54) is 40.4 Å². The number of rotatable bonds is 10. The molecule has 0 aliphatic heterocycles. The van der Waals surface area contributed by atoms with Gasteiger partial charge in [-0.3, -0.25) is 9.59 Å². The number of aromatic nitrogens is 4. The summed E-state index contributed by atoms with van der Waals surface area (Å²) in [5, 5.41) is 15.9. The lowest BCUT2D eigenvalue weighted by Gasteiger charge is -2.08. The highest BCUT2D eigenvalue weighted by molar-refractivity contribution is 8.01. The van der Waals surface area contributed by atoms with Crippen molar-refractivity contribution in [1.82, 2.24) is 19.7 Å². The molecular weight excluding hydrogens is 631 g/mol. The van der Waals surface area contributed by atoms with Gasteiger partial charge in [-0.2, -0.15) is 0 Å². The first-order valence-electron chi connectivity index (χ1n) is 12.9. The standard InChI is InChI=1S/C29H26Cl2N6O2S3/c1-16(2)17-4-7-19(8-5-17)32-26(39)15-41-29-34-23-11-9-20(13-24(23)42-29)33-25(38)14-40-28-36-35-27(37(28)3)21-10-6-18(30)12-22(21)31/h4-13,16H,14-15H2,1-3H3,(H,32,39)(H,33,38). The summed E-state index contributed by atoms with van der Waals surface area (Å²) in [6.45, 7) is 4.27. The van der Waals surface area contributed by atoms with Crippen LogP contribution in [0.3, 0.4) is 0 Å². The minimum Gasteiger partial charge on any atom is -0.325 e. The first kappa shape index (κ1) is 30.4. The minimum atomic E-state index is -0.175. The molecule has 0 saturated heterocycles. The number of hydrogen-bond acceptors (Lipinski definition) is 8. The van der Waals surface area contributed by atoms with Crippen molar-refractivity contribution >= 4 is 91.5 Å². The summed E-state index contributed by atoms with van der Waals surface area (Å²) < 4.78 is 3.50. The smallest absolute Gasteiger partial charge is 0.234 e. The van der Waals surface area contributed by atoms with Crippen molar-refractivity contribution < 1.29 is 9.59 Å². The van der Waals surface area contributed by atoms with Crippen molar-refractivity contribution in [1.29, 1.82) is 0 Å². The summed E-state index contributed by atoms with van der Waals surface area (Å²) in [7, 11) is 1.82. The van der Waals surface area contributed by atoms with E-state index < -0.39 is 0 Å². The lowest BCUT2D eigenvalue weighted by Crippen LogP contribution is -2.14. The highest BCUT2D eigenvalue weighted by Gasteiger charge is 2.16. The van der Waals surface area contributed by atoms with Crippen LogP contribution in [0.2, 0.25) is 10.0 Å². The van der Waals surface area contributed by atoms with Crippen LogP contribution in [0, 0.1) is 0 Å². The van der Waals surface area contributed by atoms with Crippen LogP contribution in [0.4, 0.5) is 11.4 Å².